The molecule has 0 saturated carbocycles. The SMILES string of the molecule is CC1CC(N=[N+]=[N-])C(C)C(C)O1. The van der Waals surface area contributed by atoms with Gasteiger partial charge in [0.15, 0.2) is 0 Å². The molecular formula is C8H15N3O. The summed E-state index contributed by atoms with van der Waals surface area (Å²) in [5.74, 6) is 0.331. The summed E-state index contributed by atoms with van der Waals surface area (Å²) in [5.41, 5.74) is 8.33. The summed E-state index contributed by atoms with van der Waals surface area (Å²) < 4.78 is 5.59. The van der Waals surface area contributed by atoms with E-state index in [-0.39, 0.29) is 18.2 Å². The van der Waals surface area contributed by atoms with Crippen molar-refractivity contribution in [3.63, 3.8) is 0 Å². The minimum absolute atomic E-state index is 0.105. The third kappa shape index (κ3) is 1.90. The van der Waals surface area contributed by atoms with Crippen molar-refractivity contribution in [2.24, 2.45) is 11.0 Å². The van der Waals surface area contributed by atoms with Crippen LogP contribution in [0.25, 0.3) is 10.4 Å². The molecule has 1 fully saturated rings. The van der Waals surface area contributed by atoms with Crippen LogP contribution in [-0.4, -0.2) is 18.2 Å². The van der Waals surface area contributed by atoms with E-state index in [1.807, 2.05) is 13.8 Å². The molecule has 1 rings (SSSR count). The van der Waals surface area contributed by atoms with Crippen molar-refractivity contribution in [1.29, 1.82) is 0 Å². The number of azide groups is 1. The second-order valence-corrected chi connectivity index (χ2v) is 3.52. The first-order valence-electron chi connectivity index (χ1n) is 4.34. The zero-order valence-corrected chi connectivity index (χ0v) is 7.77. The molecular weight excluding hydrogens is 154 g/mol. The zero-order chi connectivity index (χ0) is 9.14. The normalized spacial score (nSPS) is 41.9. The first-order chi connectivity index (χ1) is 5.65. The molecule has 4 unspecified atom stereocenters. The highest BCUT2D eigenvalue weighted by molar-refractivity contribution is 4.84. The Balaban J connectivity index is 2.65. The van der Waals surface area contributed by atoms with Crippen molar-refractivity contribution in [3.05, 3.63) is 10.4 Å². The van der Waals surface area contributed by atoms with Gasteiger partial charge >= 0.3 is 0 Å². The molecule has 1 heterocycles. The van der Waals surface area contributed by atoms with Gasteiger partial charge in [0, 0.05) is 11.0 Å². The van der Waals surface area contributed by atoms with E-state index in [1.54, 1.807) is 0 Å². The van der Waals surface area contributed by atoms with E-state index in [9.17, 15) is 0 Å². The molecule has 0 aromatic carbocycles. The molecule has 0 amide bonds. The van der Waals surface area contributed by atoms with Crippen molar-refractivity contribution in [2.75, 3.05) is 0 Å². The summed E-state index contributed by atoms with van der Waals surface area (Å²) in [6.45, 7) is 6.11. The van der Waals surface area contributed by atoms with Crippen LogP contribution in [0.5, 0.6) is 0 Å². The van der Waals surface area contributed by atoms with E-state index in [2.05, 4.69) is 16.9 Å². The average molecular weight is 169 g/mol. The predicted molar refractivity (Wildman–Crippen MR) is 46.7 cm³/mol. The van der Waals surface area contributed by atoms with E-state index < -0.39 is 0 Å². The summed E-state index contributed by atoms with van der Waals surface area (Å²) in [6.07, 6.45) is 1.26. The van der Waals surface area contributed by atoms with Crippen LogP contribution in [0.4, 0.5) is 0 Å². The fourth-order valence-electron chi connectivity index (χ4n) is 1.63. The maximum absolute atomic E-state index is 8.33. The Kier molecular flexibility index (Phi) is 2.95. The van der Waals surface area contributed by atoms with E-state index in [4.69, 9.17) is 10.3 Å². The van der Waals surface area contributed by atoms with E-state index in [0.717, 1.165) is 6.42 Å². The fourth-order valence-corrected chi connectivity index (χ4v) is 1.63. The number of hydrogen-bond acceptors (Lipinski definition) is 2. The van der Waals surface area contributed by atoms with Crippen molar-refractivity contribution >= 4 is 0 Å². The first kappa shape index (κ1) is 9.36. The third-order valence-corrected chi connectivity index (χ3v) is 2.57. The molecule has 4 heteroatoms. The summed E-state index contributed by atoms with van der Waals surface area (Å²) in [7, 11) is 0. The van der Waals surface area contributed by atoms with Crippen LogP contribution in [0.2, 0.25) is 0 Å². The van der Waals surface area contributed by atoms with Gasteiger partial charge in [0.25, 0.3) is 0 Å². The molecule has 0 radical (unpaired) electrons. The molecule has 1 aliphatic rings. The van der Waals surface area contributed by atoms with Gasteiger partial charge in [-0.25, -0.2) is 0 Å². The van der Waals surface area contributed by atoms with E-state index >= 15 is 0 Å². The average Bonchev–Trinajstić information content (AvgIpc) is 2.00. The molecule has 0 aromatic rings. The molecule has 1 saturated heterocycles. The minimum atomic E-state index is 0.105. The lowest BCUT2D eigenvalue weighted by Crippen LogP contribution is -2.39. The molecule has 0 bridgehead atoms. The van der Waals surface area contributed by atoms with Crippen molar-refractivity contribution in [2.45, 2.75) is 45.4 Å². The molecule has 4 atom stereocenters. The second-order valence-electron chi connectivity index (χ2n) is 3.52. The molecule has 1 aliphatic heterocycles. The van der Waals surface area contributed by atoms with Gasteiger partial charge in [-0.15, -0.1) is 0 Å². The highest BCUT2D eigenvalue weighted by Crippen LogP contribution is 2.27. The first-order valence-corrected chi connectivity index (χ1v) is 4.34. The highest BCUT2D eigenvalue weighted by Gasteiger charge is 2.30. The van der Waals surface area contributed by atoms with Gasteiger partial charge in [0.1, 0.15) is 0 Å². The summed E-state index contributed by atoms with van der Waals surface area (Å²) >= 11 is 0. The Morgan fingerprint density at radius 1 is 1.42 bits per heavy atom. The predicted octanol–water partition coefficient (Wildman–Crippen LogP) is 2.50. The van der Waals surface area contributed by atoms with Crippen LogP contribution in [0.1, 0.15) is 27.2 Å². The van der Waals surface area contributed by atoms with Gasteiger partial charge in [-0.05, 0) is 31.7 Å². The van der Waals surface area contributed by atoms with Crippen molar-refractivity contribution in [3.8, 4) is 0 Å². The lowest BCUT2D eigenvalue weighted by molar-refractivity contribution is -0.0681. The van der Waals surface area contributed by atoms with Gasteiger partial charge in [-0.1, -0.05) is 12.0 Å². The maximum atomic E-state index is 8.33. The van der Waals surface area contributed by atoms with Crippen molar-refractivity contribution < 1.29 is 4.74 Å². The largest absolute Gasteiger partial charge is 0.375 e. The Labute approximate surface area is 72.5 Å². The lowest BCUT2D eigenvalue weighted by Gasteiger charge is -2.35. The van der Waals surface area contributed by atoms with E-state index in [0.29, 0.717) is 5.92 Å². The maximum Gasteiger partial charge on any atom is 0.0580 e. The summed E-state index contributed by atoms with van der Waals surface area (Å²) in [5, 5.41) is 3.77. The Morgan fingerprint density at radius 2 is 2.08 bits per heavy atom. The van der Waals surface area contributed by atoms with Gasteiger partial charge < -0.3 is 4.74 Å². The topological polar surface area (TPSA) is 58.0 Å². The van der Waals surface area contributed by atoms with Gasteiger partial charge in [0.05, 0.1) is 12.2 Å². The molecule has 4 nitrogen and oxygen atoms in total. The summed E-state index contributed by atoms with van der Waals surface area (Å²) in [4.78, 5) is 2.85. The lowest BCUT2D eigenvalue weighted by atomic mass is 9.90. The zero-order valence-electron chi connectivity index (χ0n) is 7.77. The fraction of sp³-hybridized carbons (Fsp3) is 1.00. The number of ether oxygens (including phenoxy) is 1. The number of hydrogen-bond donors (Lipinski definition) is 0. The van der Waals surface area contributed by atoms with Crippen molar-refractivity contribution in [1.82, 2.24) is 0 Å². The van der Waals surface area contributed by atoms with Crippen LogP contribution in [-0.2, 0) is 4.74 Å². The van der Waals surface area contributed by atoms with Crippen LogP contribution in [0.15, 0.2) is 5.11 Å². The number of nitrogens with zero attached hydrogens (tertiary/aromatic N) is 3. The molecule has 0 spiro atoms. The van der Waals surface area contributed by atoms with Gasteiger partial charge in [-0.2, -0.15) is 0 Å². The van der Waals surface area contributed by atoms with Crippen LogP contribution >= 0.6 is 0 Å². The molecule has 12 heavy (non-hydrogen) atoms. The molecule has 68 valence electrons. The highest BCUT2D eigenvalue weighted by atomic mass is 16.5. The quantitative estimate of drug-likeness (QED) is 0.338. The smallest absolute Gasteiger partial charge is 0.0580 e. The van der Waals surface area contributed by atoms with Crippen LogP contribution < -0.4 is 0 Å². The molecule has 0 N–H and O–H groups in total. The van der Waals surface area contributed by atoms with E-state index in [1.165, 1.54) is 0 Å². The second kappa shape index (κ2) is 3.78. The minimum Gasteiger partial charge on any atom is -0.375 e. The molecule has 0 aliphatic carbocycles. The van der Waals surface area contributed by atoms with Gasteiger partial charge in [0.2, 0.25) is 0 Å². The summed E-state index contributed by atoms with van der Waals surface area (Å²) in [6, 6.07) is 0.105. The van der Waals surface area contributed by atoms with Gasteiger partial charge in [-0.3, -0.25) is 0 Å². The third-order valence-electron chi connectivity index (χ3n) is 2.57. The number of rotatable bonds is 1. The van der Waals surface area contributed by atoms with Crippen LogP contribution in [0, 0.1) is 5.92 Å². The Morgan fingerprint density at radius 3 is 2.67 bits per heavy atom. The Hall–Kier alpha value is -0.730. The van der Waals surface area contributed by atoms with Crippen LogP contribution in [0.3, 0.4) is 0 Å². The molecule has 0 aromatic heterocycles. The standard InChI is InChI=1S/C8H15N3O/c1-5-4-8(10-11-9)6(2)7(3)12-5/h5-8H,4H2,1-3H3. The Bertz CT molecular complexity index is 200. The monoisotopic (exact) mass is 169 g/mol.